The Bertz CT molecular complexity index is 1240. The van der Waals surface area contributed by atoms with Gasteiger partial charge in [-0.1, -0.05) is 30.4 Å². The molecule has 2 aliphatic heterocycles. The molecule has 5 aliphatic rings. The zero-order valence-corrected chi connectivity index (χ0v) is 21.5. The molecule has 8 bridgehead atoms. The fraction of sp³-hybridized carbons (Fsp3) is 0.571. The Morgan fingerprint density at radius 2 is 1.53 bits per heavy atom. The van der Waals surface area contributed by atoms with Crippen LogP contribution in [-0.4, -0.2) is 54.8 Å². The van der Waals surface area contributed by atoms with Crippen molar-refractivity contribution in [3.05, 3.63) is 59.1 Å². The van der Waals surface area contributed by atoms with E-state index in [1.54, 1.807) is 25.2 Å². The van der Waals surface area contributed by atoms with E-state index in [2.05, 4.69) is 0 Å². The van der Waals surface area contributed by atoms with Crippen molar-refractivity contribution in [1.82, 2.24) is 0 Å². The molecule has 3 aliphatic carbocycles. The molecule has 2 heterocycles. The van der Waals surface area contributed by atoms with Crippen LogP contribution in [0.2, 0.25) is 0 Å². The van der Waals surface area contributed by atoms with E-state index in [0.717, 1.165) is 0 Å². The minimum Gasteiger partial charge on any atom is -0.511 e. The zero-order valence-electron chi connectivity index (χ0n) is 21.5. The van der Waals surface area contributed by atoms with Crippen LogP contribution >= 0.6 is 0 Å². The van der Waals surface area contributed by atoms with Crippen LogP contribution in [0.4, 0.5) is 0 Å². The van der Waals surface area contributed by atoms with E-state index < -0.39 is 57.0 Å². The summed E-state index contributed by atoms with van der Waals surface area (Å²) in [4.78, 5) is 28.0. The summed E-state index contributed by atoms with van der Waals surface area (Å²) >= 11 is 0. The Hall–Kier alpha value is -2.52. The lowest BCUT2D eigenvalue weighted by atomic mass is 9.40. The normalized spacial score (nSPS) is 50.1. The predicted molar refractivity (Wildman–Crippen MR) is 129 cm³/mol. The molecule has 4 N–H and O–H groups in total. The highest BCUT2D eigenvalue weighted by Crippen LogP contribution is 2.84. The van der Waals surface area contributed by atoms with Gasteiger partial charge in [-0.3, -0.25) is 9.59 Å². The molecular formula is C28H34O8. The Morgan fingerprint density at radius 3 is 2.11 bits per heavy atom. The number of allylic oxidation sites excluding steroid dienone is 6. The van der Waals surface area contributed by atoms with Gasteiger partial charge in [-0.25, -0.2) is 0 Å². The van der Waals surface area contributed by atoms with Crippen LogP contribution in [0.25, 0.3) is 0 Å². The maximum Gasteiger partial charge on any atom is 0.210 e. The molecule has 0 spiro atoms. The number of carbonyl (C=O) groups excluding carboxylic acids is 2. The number of carbonyl (C=O) groups is 2. The van der Waals surface area contributed by atoms with Gasteiger partial charge in [0.1, 0.15) is 22.7 Å². The molecule has 0 radical (unpaired) electrons. The smallest absolute Gasteiger partial charge is 0.210 e. The molecular weight excluding hydrogens is 464 g/mol. The Morgan fingerprint density at radius 1 is 0.944 bits per heavy atom. The van der Waals surface area contributed by atoms with Crippen molar-refractivity contribution in [3.63, 3.8) is 0 Å². The monoisotopic (exact) mass is 498 g/mol. The molecule has 0 aromatic heterocycles. The topological polar surface area (TPSA) is 134 Å². The molecule has 2 saturated carbocycles. The Balaban J connectivity index is 1.89. The molecule has 0 unspecified atom stereocenters. The van der Waals surface area contributed by atoms with Crippen molar-refractivity contribution in [1.29, 1.82) is 0 Å². The van der Waals surface area contributed by atoms with Crippen LogP contribution in [0.1, 0.15) is 54.4 Å². The lowest BCUT2D eigenvalue weighted by molar-refractivity contribution is -0.451. The maximum absolute atomic E-state index is 14.3. The molecule has 0 amide bonds. The zero-order chi connectivity index (χ0) is 26.7. The Labute approximate surface area is 210 Å². The average Bonchev–Trinajstić information content (AvgIpc) is 3.12. The van der Waals surface area contributed by atoms with Crippen molar-refractivity contribution in [3.8, 4) is 0 Å². The molecule has 2 saturated heterocycles. The van der Waals surface area contributed by atoms with Gasteiger partial charge in [0.05, 0.1) is 10.8 Å². The second-order valence-electron chi connectivity index (χ2n) is 11.3. The quantitative estimate of drug-likeness (QED) is 0.189. The minimum atomic E-state index is -2.24. The van der Waals surface area contributed by atoms with Gasteiger partial charge in [0.2, 0.25) is 11.6 Å². The number of hydrogen-bond acceptors (Lipinski definition) is 8. The summed E-state index contributed by atoms with van der Waals surface area (Å²) in [6.07, 6.45) is 10.5. The molecule has 0 aromatic rings. The van der Waals surface area contributed by atoms with Gasteiger partial charge in [0.15, 0.2) is 11.6 Å². The van der Waals surface area contributed by atoms with Crippen molar-refractivity contribution in [2.75, 3.05) is 0 Å². The molecule has 5 rings (SSSR count). The van der Waals surface area contributed by atoms with Crippen LogP contribution in [0.3, 0.4) is 0 Å². The summed E-state index contributed by atoms with van der Waals surface area (Å²) in [5.74, 6) is -8.64. The van der Waals surface area contributed by atoms with Gasteiger partial charge < -0.3 is 29.9 Å². The van der Waals surface area contributed by atoms with Crippen molar-refractivity contribution >= 4 is 11.6 Å². The van der Waals surface area contributed by atoms with E-state index in [9.17, 15) is 30.0 Å². The van der Waals surface area contributed by atoms with E-state index in [1.807, 2.05) is 19.1 Å². The van der Waals surface area contributed by atoms with Gasteiger partial charge in [-0.05, 0) is 54.0 Å². The van der Waals surface area contributed by atoms with E-state index in [0.29, 0.717) is 6.42 Å². The standard InChI is InChI=1S/C28H34O8/c1-7-9-11-13-15(29)17-19-23(3)22(32)18(16(30)14-12-10-8-2)20-24(4,21(17)31)28(34)25(19,5)35-27(23,33)26(20,6)36-28/h7-11,13,19-20,29,32-34H,12,14H2,1-6H3/b9-7+,10-8+,13-11+,17-15-/t19-,20+,23-,24-,25+,26+,27-,28-/m1/s1. The first-order chi connectivity index (χ1) is 16.7. The lowest BCUT2D eigenvalue weighted by Gasteiger charge is -2.58. The molecule has 0 aromatic carbocycles. The van der Waals surface area contributed by atoms with Gasteiger partial charge >= 0.3 is 0 Å². The molecule has 8 atom stereocenters. The number of Topliss-reactive ketones (excluding diaryl/α,β-unsaturated/α-hetero) is 2. The summed E-state index contributed by atoms with van der Waals surface area (Å²) in [6, 6.07) is 0. The summed E-state index contributed by atoms with van der Waals surface area (Å²) in [5.41, 5.74) is -7.18. The largest absolute Gasteiger partial charge is 0.511 e. The highest BCUT2D eigenvalue weighted by molar-refractivity contribution is 6.08. The molecule has 8 nitrogen and oxygen atoms in total. The van der Waals surface area contributed by atoms with Crippen molar-refractivity contribution < 1.29 is 39.5 Å². The van der Waals surface area contributed by atoms with Crippen LogP contribution < -0.4 is 0 Å². The molecule has 8 heteroatoms. The first kappa shape index (κ1) is 25.1. The number of ketones is 2. The minimum absolute atomic E-state index is 0.0264. The van der Waals surface area contributed by atoms with E-state index in [4.69, 9.17) is 9.47 Å². The summed E-state index contributed by atoms with van der Waals surface area (Å²) in [7, 11) is 0. The Kier molecular flexibility index (Phi) is 4.94. The SMILES string of the molecule is C/C=C/C=C/C(O)=C1/C(=O)[C@@]2(C)[C@@H]3C(C(=O)CC/C=C/C)=C(O)[C@@]4(C)[C@@H]1[C@]1(C)O[C@@]4(O)[C@@]3(C)O[C@@]12O. The van der Waals surface area contributed by atoms with Gasteiger partial charge in [0, 0.05) is 29.4 Å². The maximum atomic E-state index is 14.3. The second-order valence-corrected chi connectivity index (χ2v) is 11.3. The van der Waals surface area contributed by atoms with Gasteiger partial charge in [-0.15, -0.1) is 0 Å². The third-order valence-corrected chi connectivity index (χ3v) is 9.68. The number of ether oxygens (including phenoxy) is 2. The third kappa shape index (κ3) is 2.19. The van der Waals surface area contributed by atoms with Crippen LogP contribution in [-0.2, 0) is 19.1 Å². The lowest BCUT2D eigenvalue weighted by Crippen LogP contribution is -2.72. The summed E-state index contributed by atoms with van der Waals surface area (Å²) in [5, 5.41) is 47.4. The van der Waals surface area contributed by atoms with Crippen molar-refractivity contribution in [2.24, 2.45) is 22.7 Å². The molecule has 4 fully saturated rings. The summed E-state index contributed by atoms with van der Waals surface area (Å²) in [6.45, 7) is 9.66. The fourth-order valence-corrected chi connectivity index (χ4v) is 8.16. The number of aliphatic hydroxyl groups is 4. The van der Waals surface area contributed by atoms with E-state index >= 15 is 0 Å². The van der Waals surface area contributed by atoms with Crippen LogP contribution in [0.5, 0.6) is 0 Å². The van der Waals surface area contributed by atoms with Gasteiger partial charge in [-0.2, -0.15) is 0 Å². The van der Waals surface area contributed by atoms with Crippen molar-refractivity contribution in [2.45, 2.75) is 77.2 Å². The molecule has 36 heavy (non-hydrogen) atoms. The van der Waals surface area contributed by atoms with E-state index in [1.165, 1.54) is 33.8 Å². The highest BCUT2D eigenvalue weighted by Gasteiger charge is 2.98. The number of rotatable bonds is 6. The number of hydrogen-bond donors (Lipinski definition) is 4. The predicted octanol–water partition coefficient (Wildman–Crippen LogP) is 3.48. The van der Waals surface area contributed by atoms with E-state index in [-0.39, 0.29) is 29.1 Å². The highest BCUT2D eigenvalue weighted by atomic mass is 16.8. The van der Waals surface area contributed by atoms with Crippen LogP contribution in [0, 0.1) is 22.7 Å². The first-order valence-electron chi connectivity index (χ1n) is 12.4. The first-order valence-corrected chi connectivity index (χ1v) is 12.4. The van der Waals surface area contributed by atoms with Crippen LogP contribution in [0.15, 0.2) is 59.1 Å². The van der Waals surface area contributed by atoms with Gasteiger partial charge in [0.25, 0.3) is 0 Å². The molecule has 194 valence electrons. The summed E-state index contributed by atoms with van der Waals surface area (Å²) < 4.78 is 12.5. The fourth-order valence-electron chi connectivity index (χ4n) is 8.16. The second kappa shape index (κ2) is 7.07. The average molecular weight is 499 g/mol. The third-order valence-electron chi connectivity index (χ3n) is 9.68. The number of aliphatic hydroxyl groups excluding tert-OH is 2.